The predicted octanol–water partition coefficient (Wildman–Crippen LogP) is 2.05. The Morgan fingerprint density at radius 3 is 2.55 bits per heavy atom. The minimum Gasteiger partial charge on any atom is -0.378 e. The second kappa shape index (κ2) is 6.65. The van der Waals surface area contributed by atoms with Gasteiger partial charge in [-0.05, 0) is 37.8 Å². The summed E-state index contributed by atoms with van der Waals surface area (Å²) in [5.41, 5.74) is 4.26. The quantitative estimate of drug-likeness (QED) is 0.855. The SMILES string of the molecule is c1cc(N2CCOCC2)nnc1NN=C1CCCCC1. The summed E-state index contributed by atoms with van der Waals surface area (Å²) >= 11 is 0. The normalized spacial score (nSPS) is 19.8. The third-order valence-corrected chi connectivity index (χ3v) is 3.74. The van der Waals surface area contributed by atoms with Gasteiger partial charge in [0.25, 0.3) is 0 Å². The molecule has 0 unspecified atom stereocenters. The molecule has 2 aliphatic rings. The predicted molar refractivity (Wildman–Crippen MR) is 79.2 cm³/mol. The first-order chi connectivity index (χ1) is 9.92. The first kappa shape index (κ1) is 13.3. The van der Waals surface area contributed by atoms with Crippen LogP contribution in [-0.2, 0) is 4.74 Å². The summed E-state index contributed by atoms with van der Waals surface area (Å²) < 4.78 is 5.33. The lowest BCUT2D eigenvalue weighted by Gasteiger charge is -2.27. The molecule has 1 N–H and O–H groups in total. The molecule has 1 saturated heterocycles. The summed E-state index contributed by atoms with van der Waals surface area (Å²) in [6.07, 6.45) is 6.04. The van der Waals surface area contributed by atoms with E-state index in [9.17, 15) is 0 Å². The van der Waals surface area contributed by atoms with Gasteiger partial charge in [0.15, 0.2) is 11.6 Å². The van der Waals surface area contributed by atoms with Crippen LogP contribution in [0.1, 0.15) is 32.1 Å². The van der Waals surface area contributed by atoms with Crippen LogP contribution in [0.15, 0.2) is 17.2 Å². The monoisotopic (exact) mass is 275 g/mol. The molecule has 1 saturated carbocycles. The Balaban J connectivity index is 1.58. The molecular weight excluding hydrogens is 254 g/mol. The molecular formula is C14H21N5O. The first-order valence-corrected chi connectivity index (χ1v) is 7.40. The summed E-state index contributed by atoms with van der Waals surface area (Å²) in [6.45, 7) is 3.28. The molecule has 1 aromatic rings. The Morgan fingerprint density at radius 1 is 1.05 bits per heavy atom. The van der Waals surface area contributed by atoms with E-state index in [4.69, 9.17) is 4.74 Å². The van der Waals surface area contributed by atoms with Crippen LogP contribution in [0.3, 0.4) is 0 Å². The second-order valence-corrected chi connectivity index (χ2v) is 5.23. The molecule has 1 aliphatic heterocycles. The van der Waals surface area contributed by atoms with Crippen molar-refractivity contribution in [1.29, 1.82) is 0 Å². The van der Waals surface area contributed by atoms with Crippen LogP contribution in [0.5, 0.6) is 0 Å². The lowest BCUT2D eigenvalue weighted by Crippen LogP contribution is -2.36. The van der Waals surface area contributed by atoms with Crippen molar-refractivity contribution in [2.75, 3.05) is 36.6 Å². The van der Waals surface area contributed by atoms with Gasteiger partial charge in [-0.3, -0.25) is 5.43 Å². The van der Waals surface area contributed by atoms with Gasteiger partial charge in [0, 0.05) is 18.8 Å². The summed E-state index contributed by atoms with van der Waals surface area (Å²) in [7, 11) is 0. The largest absolute Gasteiger partial charge is 0.378 e. The first-order valence-electron chi connectivity index (χ1n) is 7.40. The van der Waals surface area contributed by atoms with Gasteiger partial charge in [-0.25, -0.2) is 0 Å². The van der Waals surface area contributed by atoms with Gasteiger partial charge in [-0.15, -0.1) is 10.2 Å². The number of ether oxygens (including phenoxy) is 1. The topological polar surface area (TPSA) is 62.6 Å². The Hall–Kier alpha value is -1.69. The molecule has 1 aliphatic carbocycles. The van der Waals surface area contributed by atoms with Crippen molar-refractivity contribution < 1.29 is 4.74 Å². The van der Waals surface area contributed by atoms with Crippen molar-refractivity contribution in [3.05, 3.63) is 12.1 Å². The van der Waals surface area contributed by atoms with E-state index in [0.29, 0.717) is 5.82 Å². The van der Waals surface area contributed by atoms with Crippen LogP contribution >= 0.6 is 0 Å². The van der Waals surface area contributed by atoms with Crippen molar-refractivity contribution in [2.24, 2.45) is 5.10 Å². The molecule has 2 heterocycles. The number of hydrogen-bond donors (Lipinski definition) is 1. The van der Waals surface area contributed by atoms with E-state index in [-0.39, 0.29) is 0 Å². The van der Waals surface area contributed by atoms with Crippen molar-refractivity contribution in [1.82, 2.24) is 10.2 Å². The number of hydrazone groups is 1. The van der Waals surface area contributed by atoms with Gasteiger partial charge in [0.2, 0.25) is 0 Å². The Bertz CT molecular complexity index is 445. The number of morpholine rings is 1. The Kier molecular flexibility index (Phi) is 4.42. The van der Waals surface area contributed by atoms with Crippen LogP contribution in [0.25, 0.3) is 0 Å². The van der Waals surface area contributed by atoms with Crippen LogP contribution in [-0.4, -0.2) is 42.2 Å². The zero-order valence-electron chi connectivity index (χ0n) is 11.7. The third-order valence-electron chi connectivity index (χ3n) is 3.74. The smallest absolute Gasteiger partial charge is 0.168 e. The number of nitrogens with one attached hydrogen (secondary N) is 1. The fourth-order valence-electron chi connectivity index (χ4n) is 2.55. The highest BCUT2D eigenvalue weighted by Gasteiger charge is 2.12. The van der Waals surface area contributed by atoms with Gasteiger partial charge in [0.05, 0.1) is 13.2 Å². The van der Waals surface area contributed by atoms with Crippen molar-refractivity contribution in [2.45, 2.75) is 32.1 Å². The molecule has 2 fully saturated rings. The summed E-state index contributed by atoms with van der Waals surface area (Å²) in [6, 6.07) is 3.92. The molecule has 1 aromatic heterocycles. The molecule has 6 nitrogen and oxygen atoms in total. The Morgan fingerprint density at radius 2 is 1.85 bits per heavy atom. The number of nitrogens with zero attached hydrogens (tertiary/aromatic N) is 4. The van der Waals surface area contributed by atoms with Gasteiger partial charge < -0.3 is 9.64 Å². The average Bonchev–Trinajstić information content (AvgIpc) is 2.55. The molecule has 0 amide bonds. The number of hydrogen-bond acceptors (Lipinski definition) is 6. The lowest BCUT2D eigenvalue weighted by atomic mass is 9.99. The second-order valence-electron chi connectivity index (χ2n) is 5.23. The van der Waals surface area contributed by atoms with Gasteiger partial charge in [-0.1, -0.05) is 6.42 Å². The molecule has 0 bridgehead atoms. The lowest BCUT2D eigenvalue weighted by molar-refractivity contribution is 0.122. The van der Waals surface area contributed by atoms with E-state index in [2.05, 4.69) is 25.6 Å². The minimum atomic E-state index is 0.708. The maximum absolute atomic E-state index is 5.33. The molecule has 0 radical (unpaired) electrons. The van der Waals surface area contributed by atoms with Crippen molar-refractivity contribution in [3.8, 4) is 0 Å². The Labute approximate surface area is 119 Å². The molecule has 3 rings (SSSR count). The van der Waals surface area contributed by atoms with Crippen molar-refractivity contribution in [3.63, 3.8) is 0 Å². The van der Waals surface area contributed by atoms with Crippen LogP contribution in [0.2, 0.25) is 0 Å². The summed E-state index contributed by atoms with van der Waals surface area (Å²) in [4.78, 5) is 2.19. The van der Waals surface area contributed by atoms with Crippen LogP contribution in [0, 0.1) is 0 Å². The van der Waals surface area contributed by atoms with Crippen molar-refractivity contribution >= 4 is 17.3 Å². The van der Waals surface area contributed by atoms with E-state index < -0.39 is 0 Å². The van der Waals surface area contributed by atoms with E-state index in [1.165, 1.54) is 25.0 Å². The molecule has 6 heteroatoms. The third kappa shape index (κ3) is 3.45. The highest BCUT2D eigenvalue weighted by molar-refractivity contribution is 5.85. The molecule has 0 spiro atoms. The average molecular weight is 275 g/mol. The van der Waals surface area contributed by atoms with Crippen LogP contribution in [0.4, 0.5) is 11.6 Å². The number of anilines is 2. The summed E-state index contributed by atoms with van der Waals surface area (Å²) in [5, 5.41) is 12.9. The van der Waals surface area contributed by atoms with E-state index in [1.807, 2.05) is 12.1 Å². The standard InChI is InChI=1S/C14H21N5O/c1-2-4-12(5-3-1)15-16-13-6-7-14(18-17-13)19-8-10-20-11-9-19/h6-7H,1-5,8-11H2,(H,16,17). The highest BCUT2D eigenvalue weighted by Crippen LogP contribution is 2.16. The van der Waals surface area contributed by atoms with Gasteiger partial charge in [-0.2, -0.15) is 5.10 Å². The van der Waals surface area contributed by atoms with E-state index in [0.717, 1.165) is 45.0 Å². The van der Waals surface area contributed by atoms with Gasteiger partial charge >= 0.3 is 0 Å². The van der Waals surface area contributed by atoms with Crippen LogP contribution < -0.4 is 10.3 Å². The summed E-state index contributed by atoms with van der Waals surface area (Å²) in [5.74, 6) is 1.62. The highest BCUT2D eigenvalue weighted by atomic mass is 16.5. The molecule has 0 atom stereocenters. The molecule has 20 heavy (non-hydrogen) atoms. The maximum Gasteiger partial charge on any atom is 0.168 e. The fraction of sp³-hybridized carbons (Fsp3) is 0.643. The molecule has 0 aromatic carbocycles. The number of rotatable bonds is 3. The maximum atomic E-state index is 5.33. The van der Waals surface area contributed by atoms with E-state index in [1.54, 1.807) is 0 Å². The fourth-order valence-corrected chi connectivity index (χ4v) is 2.55. The van der Waals surface area contributed by atoms with Gasteiger partial charge in [0.1, 0.15) is 0 Å². The zero-order chi connectivity index (χ0) is 13.6. The zero-order valence-corrected chi connectivity index (χ0v) is 11.7. The van der Waals surface area contributed by atoms with E-state index >= 15 is 0 Å². The molecule has 108 valence electrons. The minimum absolute atomic E-state index is 0.708. The number of aromatic nitrogens is 2.